The Labute approximate surface area is 99.2 Å². The highest BCUT2D eigenvalue weighted by atomic mass is 19.1. The number of rotatable bonds is 4. The van der Waals surface area contributed by atoms with E-state index in [2.05, 4.69) is 4.98 Å². The Kier molecular flexibility index (Phi) is 3.40. The summed E-state index contributed by atoms with van der Waals surface area (Å²) in [4.78, 5) is 4.45. The van der Waals surface area contributed by atoms with Gasteiger partial charge in [-0.25, -0.2) is 9.37 Å². The molecule has 92 valence electrons. The van der Waals surface area contributed by atoms with Gasteiger partial charge in [-0.2, -0.15) is 0 Å². The van der Waals surface area contributed by atoms with Crippen LogP contribution >= 0.6 is 0 Å². The van der Waals surface area contributed by atoms with Gasteiger partial charge in [0, 0.05) is 27.1 Å². The van der Waals surface area contributed by atoms with Crippen molar-refractivity contribution in [3.05, 3.63) is 29.8 Å². The maximum atomic E-state index is 13.1. The van der Waals surface area contributed by atoms with E-state index in [1.54, 1.807) is 13.2 Å². The van der Waals surface area contributed by atoms with Gasteiger partial charge >= 0.3 is 0 Å². The van der Waals surface area contributed by atoms with Crippen LogP contribution in [0.1, 0.15) is 5.82 Å². The summed E-state index contributed by atoms with van der Waals surface area (Å²) < 4.78 is 20.2. The van der Waals surface area contributed by atoms with Crippen LogP contribution in [-0.4, -0.2) is 29.3 Å². The summed E-state index contributed by atoms with van der Waals surface area (Å²) in [5, 5.41) is 0. The number of aromatic nitrogens is 2. The number of benzene rings is 1. The molecule has 1 atom stereocenters. The number of nitrogens with zero attached hydrogens (tertiary/aromatic N) is 2. The summed E-state index contributed by atoms with van der Waals surface area (Å²) in [7, 11) is 3.49. The molecule has 0 aliphatic rings. The minimum Gasteiger partial charge on any atom is -0.380 e. The molecule has 0 aliphatic carbocycles. The number of ether oxygens (including phenoxy) is 1. The molecule has 0 saturated heterocycles. The van der Waals surface area contributed by atoms with Crippen LogP contribution in [0.3, 0.4) is 0 Å². The normalized spacial score (nSPS) is 13.2. The van der Waals surface area contributed by atoms with E-state index in [4.69, 9.17) is 10.5 Å². The van der Waals surface area contributed by atoms with E-state index in [1.807, 2.05) is 11.6 Å². The molecule has 0 spiro atoms. The average molecular weight is 237 g/mol. The lowest BCUT2D eigenvalue weighted by Gasteiger charge is -2.12. The summed E-state index contributed by atoms with van der Waals surface area (Å²) >= 11 is 0. The van der Waals surface area contributed by atoms with Crippen molar-refractivity contribution in [3.8, 4) is 0 Å². The molecule has 0 amide bonds. The Bertz CT molecular complexity index is 520. The van der Waals surface area contributed by atoms with Crippen LogP contribution < -0.4 is 5.73 Å². The molecule has 0 saturated carbocycles. The fourth-order valence-corrected chi connectivity index (χ4v) is 1.86. The van der Waals surface area contributed by atoms with Crippen molar-refractivity contribution >= 4 is 11.0 Å². The van der Waals surface area contributed by atoms with Crippen LogP contribution in [0.2, 0.25) is 0 Å². The monoisotopic (exact) mass is 237 g/mol. The second kappa shape index (κ2) is 4.81. The van der Waals surface area contributed by atoms with Crippen LogP contribution in [0, 0.1) is 5.82 Å². The molecule has 1 unspecified atom stereocenters. The molecule has 0 bridgehead atoms. The van der Waals surface area contributed by atoms with Gasteiger partial charge < -0.3 is 15.0 Å². The van der Waals surface area contributed by atoms with Crippen LogP contribution in [0.15, 0.2) is 18.2 Å². The largest absolute Gasteiger partial charge is 0.380 e. The molecule has 4 nitrogen and oxygen atoms in total. The third kappa shape index (κ3) is 2.30. The molecule has 2 rings (SSSR count). The first-order valence-electron chi connectivity index (χ1n) is 5.49. The van der Waals surface area contributed by atoms with Gasteiger partial charge in [0.15, 0.2) is 0 Å². The highest BCUT2D eigenvalue weighted by molar-refractivity contribution is 5.75. The number of fused-ring (bicyclic) bond motifs is 1. The van der Waals surface area contributed by atoms with Gasteiger partial charge in [0.05, 0.1) is 17.1 Å². The standard InChI is InChI=1S/C12H16FN3O/c1-16-11-5-8(13)3-4-10(11)15-12(16)6-9(7-14)17-2/h3-5,9H,6-7,14H2,1-2H3. The second-order valence-corrected chi connectivity index (χ2v) is 4.02. The lowest BCUT2D eigenvalue weighted by molar-refractivity contribution is 0.108. The van der Waals surface area contributed by atoms with Crippen LogP contribution in [0.25, 0.3) is 11.0 Å². The predicted molar refractivity (Wildman–Crippen MR) is 64.2 cm³/mol. The quantitative estimate of drug-likeness (QED) is 0.870. The number of imidazole rings is 1. The third-order valence-corrected chi connectivity index (χ3v) is 2.94. The number of halogens is 1. The van der Waals surface area contributed by atoms with E-state index in [0.29, 0.717) is 13.0 Å². The van der Waals surface area contributed by atoms with E-state index in [1.165, 1.54) is 12.1 Å². The third-order valence-electron chi connectivity index (χ3n) is 2.94. The van der Waals surface area contributed by atoms with Crippen LogP contribution in [0.4, 0.5) is 4.39 Å². The lowest BCUT2D eigenvalue weighted by atomic mass is 10.2. The Balaban J connectivity index is 2.38. The Morgan fingerprint density at radius 1 is 1.53 bits per heavy atom. The summed E-state index contributed by atoms with van der Waals surface area (Å²) in [6.45, 7) is 0.439. The highest BCUT2D eigenvalue weighted by Crippen LogP contribution is 2.17. The fraction of sp³-hybridized carbons (Fsp3) is 0.417. The van der Waals surface area contributed by atoms with E-state index >= 15 is 0 Å². The molecule has 1 aromatic carbocycles. The van der Waals surface area contributed by atoms with Gasteiger partial charge in [-0.15, -0.1) is 0 Å². The van der Waals surface area contributed by atoms with Crippen molar-refractivity contribution in [1.82, 2.24) is 9.55 Å². The number of methoxy groups -OCH3 is 1. The molecule has 0 aliphatic heterocycles. The Morgan fingerprint density at radius 2 is 2.29 bits per heavy atom. The maximum Gasteiger partial charge on any atom is 0.125 e. The number of hydrogen-bond donors (Lipinski definition) is 1. The average Bonchev–Trinajstić information content (AvgIpc) is 2.63. The molecule has 1 heterocycles. The highest BCUT2D eigenvalue weighted by Gasteiger charge is 2.13. The predicted octanol–water partition coefficient (Wildman–Crippen LogP) is 1.23. The molecule has 2 aromatic rings. The minimum absolute atomic E-state index is 0.0599. The first kappa shape index (κ1) is 12.0. The number of hydrogen-bond acceptors (Lipinski definition) is 3. The number of aryl methyl sites for hydroxylation is 1. The van der Waals surface area contributed by atoms with Crippen molar-refractivity contribution in [2.24, 2.45) is 12.8 Å². The first-order valence-corrected chi connectivity index (χ1v) is 5.49. The molecule has 1 aromatic heterocycles. The molecule has 0 fully saturated rings. The zero-order valence-electron chi connectivity index (χ0n) is 9.98. The van der Waals surface area contributed by atoms with Crippen LogP contribution in [0.5, 0.6) is 0 Å². The van der Waals surface area contributed by atoms with E-state index in [-0.39, 0.29) is 11.9 Å². The van der Waals surface area contributed by atoms with Crippen molar-refractivity contribution in [2.45, 2.75) is 12.5 Å². The molecule has 2 N–H and O–H groups in total. The van der Waals surface area contributed by atoms with Crippen molar-refractivity contribution in [1.29, 1.82) is 0 Å². The second-order valence-electron chi connectivity index (χ2n) is 4.02. The smallest absolute Gasteiger partial charge is 0.125 e. The van der Waals surface area contributed by atoms with Gasteiger partial charge in [-0.3, -0.25) is 0 Å². The van der Waals surface area contributed by atoms with Gasteiger partial charge in [-0.1, -0.05) is 0 Å². The van der Waals surface area contributed by atoms with Crippen molar-refractivity contribution in [3.63, 3.8) is 0 Å². The SMILES string of the molecule is COC(CN)Cc1nc2ccc(F)cc2n1C. The first-order chi connectivity index (χ1) is 8.15. The van der Waals surface area contributed by atoms with Crippen molar-refractivity contribution < 1.29 is 9.13 Å². The zero-order valence-corrected chi connectivity index (χ0v) is 9.98. The maximum absolute atomic E-state index is 13.1. The fourth-order valence-electron chi connectivity index (χ4n) is 1.86. The van der Waals surface area contributed by atoms with Gasteiger partial charge in [0.1, 0.15) is 11.6 Å². The summed E-state index contributed by atoms with van der Waals surface area (Å²) in [5.74, 6) is 0.595. The van der Waals surface area contributed by atoms with Gasteiger partial charge in [0.2, 0.25) is 0 Å². The molecule has 17 heavy (non-hydrogen) atoms. The summed E-state index contributed by atoms with van der Waals surface area (Å²) in [6, 6.07) is 4.57. The molecular formula is C12H16FN3O. The minimum atomic E-state index is -0.255. The Morgan fingerprint density at radius 3 is 2.94 bits per heavy atom. The van der Waals surface area contributed by atoms with E-state index in [9.17, 15) is 4.39 Å². The topological polar surface area (TPSA) is 53.1 Å². The lowest BCUT2D eigenvalue weighted by Crippen LogP contribution is -2.25. The van der Waals surface area contributed by atoms with Crippen LogP contribution in [-0.2, 0) is 18.2 Å². The molecular weight excluding hydrogens is 221 g/mol. The van der Waals surface area contributed by atoms with Crippen molar-refractivity contribution in [2.75, 3.05) is 13.7 Å². The summed E-state index contributed by atoms with van der Waals surface area (Å²) in [6.07, 6.45) is 0.565. The molecule has 0 radical (unpaired) electrons. The molecule has 5 heteroatoms. The van der Waals surface area contributed by atoms with Gasteiger partial charge in [0.25, 0.3) is 0 Å². The number of nitrogens with two attached hydrogens (primary N) is 1. The summed E-state index contributed by atoms with van der Waals surface area (Å²) in [5.41, 5.74) is 7.15. The Hall–Kier alpha value is -1.46. The van der Waals surface area contributed by atoms with Gasteiger partial charge in [-0.05, 0) is 18.2 Å². The van der Waals surface area contributed by atoms with E-state index < -0.39 is 0 Å². The zero-order chi connectivity index (χ0) is 12.4. The van der Waals surface area contributed by atoms with E-state index in [0.717, 1.165) is 16.9 Å².